The number of rotatable bonds is 4. The van der Waals surface area contributed by atoms with Crippen molar-refractivity contribution >= 4 is 21.8 Å². The van der Waals surface area contributed by atoms with Gasteiger partial charge in [0, 0.05) is 58.2 Å². The topological polar surface area (TPSA) is 78.2 Å². The molecule has 10 heteroatoms. The summed E-state index contributed by atoms with van der Waals surface area (Å²) in [5.74, 6) is -0.521. The average molecular weight is 431 g/mol. The molecule has 3 heterocycles. The molecule has 0 N–H and O–H groups in total. The molecule has 3 aromatic rings. The van der Waals surface area contributed by atoms with Crippen molar-refractivity contribution in [3.05, 3.63) is 60.2 Å². The third-order valence-electron chi connectivity index (χ3n) is 5.17. The maximum absolute atomic E-state index is 13.2. The van der Waals surface area contributed by atoms with Gasteiger partial charge in [0.15, 0.2) is 0 Å². The van der Waals surface area contributed by atoms with Crippen LogP contribution in [0.4, 0.5) is 4.39 Å². The Balaban J connectivity index is 1.58. The van der Waals surface area contributed by atoms with Crippen LogP contribution < -0.4 is 0 Å². The van der Waals surface area contributed by atoms with Crippen molar-refractivity contribution < 1.29 is 17.6 Å². The molecule has 0 unspecified atom stereocenters. The molecule has 1 saturated heterocycles. The Hall–Kier alpha value is -2.82. The van der Waals surface area contributed by atoms with Crippen molar-refractivity contribution in [3.8, 4) is 11.3 Å². The Morgan fingerprint density at radius 1 is 1.07 bits per heavy atom. The number of benzene rings is 1. The van der Waals surface area contributed by atoms with Crippen molar-refractivity contribution in [3.63, 3.8) is 0 Å². The van der Waals surface area contributed by atoms with E-state index in [2.05, 4.69) is 4.98 Å². The van der Waals surface area contributed by atoms with Gasteiger partial charge in [0.05, 0.1) is 11.3 Å². The van der Waals surface area contributed by atoms with E-state index >= 15 is 0 Å². The number of hydrogen-bond donors (Lipinski definition) is 0. The van der Waals surface area contributed by atoms with E-state index in [1.54, 1.807) is 46.0 Å². The summed E-state index contributed by atoms with van der Waals surface area (Å²) < 4.78 is 42.1. The zero-order valence-electron chi connectivity index (χ0n) is 16.7. The SMILES string of the molecule is CN(C)S(=O)(=O)N1CCN(C(=O)c2cccn3cc(-c4ccc(F)cc4)nc23)CC1. The summed E-state index contributed by atoms with van der Waals surface area (Å²) in [5.41, 5.74) is 2.33. The van der Waals surface area contributed by atoms with Gasteiger partial charge < -0.3 is 9.30 Å². The smallest absolute Gasteiger partial charge is 0.281 e. The van der Waals surface area contributed by atoms with E-state index < -0.39 is 10.2 Å². The molecular formula is C20H22FN5O3S. The van der Waals surface area contributed by atoms with Crippen molar-refractivity contribution in [1.29, 1.82) is 0 Å². The van der Waals surface area contributed by atoms with Gasteiger partial charge in [0.25, 0.3) is 16.1 Å². The monoisotopic (exact) mass is 431 g/mol. The molecule has 8 nitrogen and oxygen atoms in total. The summed E-state index contributed by atoms with van der Waals surface area (Å²) in [4.78, 5) is 19.4. The highest BCUT2D eigenvalue weighted by Gasteiger charge is 2.31. The highest BCUT2D eigenvalue weighted by atomic mass is 32.2. The first-order chi connectivity index (χ1) is 14.3. The van der Waals surface area contributed by atoms with Crippen molar-refractivity contribution in [1.82, 2.24) is 22.9 Å². The van der Waals surface area contributed by atoms with Gasteiger partial charge in [-0.3, -0.25) is 4.79 Å². The molecule has 0 spiro atoms. The van der Waals surface area contributed by atoms with Crippen LogP contribution >= 0.6 is 0 Å². The number of amides is 1. The molecule has 0 bridgehead atoms. The van der Waals surface area contributed by atoms with Crippen LogP contribution in [0.2, 0.25) is 0 Å². The minimum absolute atomic E-state index is 0.196. The quantitative estimate of drug-likeness (QED) is 0.630. The number of halogens is 1. The second-order valence-corrected chi connectivity index (χ2v) is 9.41. The van der Waals surface area contributed by atoms with E-state index in [9.17, 15) is 17.6 Å². The Bertz CT molecular complexity index is 1180. The maximum atomic E-state index is 13.2. The highest BCUT2D eigenvalue weighted by Crippen LogP contribution is 2.22. The minimum atomic E-state index is -3.49. The summed E-state index contributed by atoms with van der Waals surface area (Å²) in [7, 11) is -0.512. The van der Waals surface area contributed by atoms with Crippen LogP contribution in [-0.2, 0) is 10.2 Å². The lowest BCUT2D eigenvalue weighted by atomic mass is 10.2. The van der Waals surface area contributed by atoms with E-state index in [0.29, 0.717) is 30.0 Å². The van der Waals surface area contributed by atoms with Gasteiger partial charge in [-0.1, -0.05) is 0 Å². The van der Waals surface area contributed by atoms with E-state index in [0.717, 1.165) is 5.56 Å². The molecule has 4 rings (SSSR count). The first-order valence-electron chi connectivity index (χ1n) is 9.48. The van der Waals surface area contributed by atoms with Crippen molar-refractivity contribution in [2.75, 3.05) is 40.3 Å². The number of nitrogens with zero attached hydrogens (tertiary/aromatic N) is 5. The van der Waals surface area contributed by atoms with Gasteiger partial charge in [0.1, 0.15) is 11.5 Å². The van der Waals surface area contributed by atoms with E-state index in [-0.39, 0.29) is 24.8 Å². The minimum Gasteiger partial charge on any atom is -0.336 e. The zero-order valence-corrected chi connectivity index (χ0v) is 17.5. The fraction of sp³-hybridized carbons (Fsp3) is 0.300. The van der Waals surface area contributed by atoms with Crippen LogP contribution in [0.5, 0.6) is 0 Å². The number of piperazine rings is 1. The number of pyridine rings is 1. The lowest BCUT2D eigenvalue weighted by molar-refractivity contribution is 0.0696. The van der Waals surface area contributed by atoms with Crippen LogP contribution in [0.1, 0.15) is 10.4 Å². The van der Waals surface area contributed by atoms with Gasteiger partial charge in [-0.05, 0) is 36.4 Å². The number of carbonyl (C=O) groups is 1. The van der Waals surface area contributed by atoms with Crippen molar-refractivity contribution in [2.45, 2.75) is 0 Å². The normalized spacial score (nSPS) is 15.8. The van der Waals surface area contributed by atoms with Crippen LogP contribution in [0.3, 0.4) is 0 Å². The Labute approximate surface area is 174 Å². The standard InChI is InChI=1S/C20H22FN5O3S/c1-23(2)30(28,29)26-12-10-24(11-13-26)20(27)17-4-3-9-25-14-18(22-19(17)25)15-5-7-16(21)8-6-15/h3-9,14H,10-13H2,1-2H3. The zero-order chi connectivity index (χ0) is 21.5. The summed E-state index contributed by atoms with van der Waals surface area (Å²) in [5, 5.41) is 0. The third-order valence-corrected chi connectivity index (χ3v) is 7.11. The van der Waals surface area contributed by atoms with E-state index in [1.165, 1.54) is 34.8 Å². The molecule has 0 atom stereocenters. The molecule has 0 saturated carbocycles. The van der Waals surface area contributed by atoms with E-state index in [4.69, 9.17) is 0 Å². The lowest BCUT2D eigenvalue weighted by Crippen LogP contribution is -2.53. The average Bonchev–Trinajstić information content (AvgIpc) is 3.18. The molecule has 1 aliphatic heterocycles. The molecule has 0 aliphatic carbocycles. The fourth-order valence-electron chi connectivity index (χ4n) is 3.46. The van der Waals surface area contributed by atoms with Crippen LogP contribution in [0.15, 0.2) is 48.8 Å². The largest absolute Gasteiger partial charge is 0.336 e. The molecule has 30 heavy (non-hydrogen) atoms. The number of carbonyl (C=O) groups excluding carboxylic acids is 1. The molecule has 1 aromatic carbocycles. The predicted molar refractivity (Wildman–Crippen MR) is 111 cm³/mol. The van der Waals surface area contributed by atoms with Gasteiger partial charge in [-0.15, -0.1) is 0 Å². The molecule has 158 valence electrons. The summed E-state index contributed by atoms with van der Waals surface area (Å²) in [6.07, 6.45) is 3.59. The molecule has 0 radical (unpaired) electrons. The predicted octanol–water partition coefficient (Wildman–Crippen LogP) is 1.70. The van der Waals surface area contributed by atoms with Gasteiger partial charge >= 0.3 is 0 Å². The first-order valence-corrected chi connectivity index (χ1v) is 10.9. The summed E-state index contributed by atoms with van der Waals surface area (Å²) in [6, 6.07) is 9.50. The molecule has 1 amide bonds. The lowest BCUT2D eigenvalue weighted by Gasteiger charge is -2.35. The number of aromatic nitrogens is 2. The fourth-order valence-corrected chi connectivity index (χ4v) is 4.55. The highest BCUT2D eigenvalue weighted by molar-refractivity contribution is 7.86. The van der Waals surface area contributed by atoms with Gasteiger partial charge in [-0.25, -0.2) is 9.37 Å². The van der Waals surface area contributed by atoms with Crippen LogP contribution in [-0.4, -0.2) is 77.5 Å². The second-order valence-electron chi connectivity index (χ2n) is 7.27. The second kappa shape index (κ2) is 7.78. The maximum Gasteiger partial charge on any atom is 0.281 e. The Kier molecular flexibility index (Phi) is 5.31. The van der Waals surface area contributed by atoms with E-state index in [1.807, 2.05) is 0 Å². The Morgan fingerprint density at radius 2 is 1.73 bits per heavy atom. The summed E-state index contributed by atoms with van der Waals surface area (Å²) >= 11 is 0. The van der Waals surface area contributed by atoms with Gasteiger partial charge in [0.2, 0.25) is 0 Å². The number of hydrogen-bond acceptors (Lipinski definition) is 4. The van der Waals surface area contributed by atoms with Crippen LogP contribution in [0, 0.1) is 5.82 Å². The number of fused-ring (bicyclic) bond motifs is 1. The molecule has 1 aliphatic rings. The van der Waals surface area contributed by atoms with Gasteiger partial charge in [-0.2, -0.15) is 17.0 Å². The van der Waals surface area contributed by atoms with Crippen molar-refractivity contribution in [2.24, 2.45) is 0 Å². The molecule has 2 aromatic heterocycles. The first kappa shape index (κ1) is 20.5. The summed E-state index contributed by atoms with van der Waals surface area (Å²) in [6.45, 7) is 1.09. The molecular weight excluding hydrogens is 409 g/mol. The van der Waals surface area contributed by atoms with Crippen LogP contribution in [0.25, 0.3) is 16.9 Å². The number of imidazole rings is 1. The Morgan fingerprint density at radius 3 is 2.37 bits per heavy atom. The third kappa shape index (κ3) is 3.69. The molecule has 1 fully saturated rings.